The number of thioether (sulfide) groups is 2. The third kappa shape index (κ3) is 2.17. The molecule has 4 heterocycles. The Hall–Kier alpha value is -1.08. The van der Waals surface area contributed by atoms with E-state index in [-0.39, 0.29) is 10.2 Å². The number of carbonyl (C=O) groups excluding carboxylic acids is 2. The van der Waals surface area contributed by atoms with Crippen LogP contribution in [0, 0.1) is 13.8 Å². The van der Waals surface area contributed by atoms with Crippen LogP contribution in [-0.4, -0.2) is 10.2 Å². The second-order valence-electron chi connectivity index (χ2n) is 5.01. The number of carbonyl (C=O) groups is 2. The first-order chi connectivity index (χ1) is 10.5. The Morgan fingerprint density at radius 1 is 0.682 bits per heavy atom. The van der Waals surface area contributed by atoms with E-state index in [2.05, 4.69) is 0 Å². The Kier molecular flexibility index (Phi) is 3.45. The van der Waals surface area contributed by atoms with E-state index < -0.39 is 0 Å². The lowest BCUT2D eigenvalue weighted by Gasteiger charge is -1.98. The lowest BCUT2D eigenvalue weighted by atomic mass is 10.1. The summed E-state index contributed by atoms with van der Waals surface area (Å²) in [7, 11) is 0. The summed E-state index contributed by atoms with van der Waals surface area (Å²) in [6.07, 6.45) is 0. The monoisotopic (exact) mass is 362 g/mol. The smallest absolute Gasteiger partial charge is 0.226 e. The first-order valence-corrected chi connectivity index (χ1v) is 9.88. The topological polar surface area (TPSA) is 34.1 Å². The number of rotatable bonds is 2. The largest absolute Gasteiger partial charge is 0.281 e. The minimum atomic E-state index is 0.0534. The molecular formula is C16H10O2S4. The second-order valence-corrected chi connectivity index (χ2v) is 9.55. The van der Waals surface area contributed by atoms with Crippen LogP contribution in [0.3, 0.4) is 0 Å². The highest BCUT2D eigenvalue weighted by molar-refractivity contribution is 8.25. The van der Waals surface area contributed by atoms with Gasteiger partial charge >= 0.3 is 0 Å². The number of hydrogen-bond donors (Lipinski definition) is 0. The van der Waals surface area contributed by atoms with E-state index in [4.69, 9.17) is 0 Å². The second kappa shape index (κ2) is 5.23. The normalized spacial score (nSPS) is 17.9. The van der Waals surface area contributed by atoms with Gasteiger partial charge in [-0.3, -0.25) is 9.59 Å². The van der Waals surface area contributed by atoms with Gasteiger partial charge < -0.3 is 0 Å². The van der Waals surface area contributed by atoms with Gasteiger partial charge in [0, 0.05) is 29.3 Å². The Balaban J connectivity index is 1.91. The zero-order chi connectivity index (χ0) is 15.4. The molecule has 0 saturated heterocycles. The Labute approximate surface area is 144 Å². The summed E-state index contributed by atoms with van der Waals surface area (Å²) >= 11 is 5.61. The summed E-state index contributed by atoms with van der Waals surface area (Å²) in [4.78, 5) is 30.8. The van der Waals surface area contributed by atoms with Crippen LogP contribution in [0.2, 0.25) is 0 Å². The fourth-order valence-electron chi connectivity index (χ4n) is 2.46. The van der Waals surface area contributed by atoms with E-state index >= 15 is 0 Å². The molecule has 0 saturated carbocycles. The van der Waals surface area contributed by atoms with Gasteiger partial charge in [-0.25, -0.2) is 0 Å². The van der Waals surface area contributed by atoms with Gasteiger partial charge in [0.2, 0.25) is 10.2 Å². The van der Waals surface area contributed by atoms with Crippen molar-refractivity contribution in [1.82, 2.24) is 0 Å². The SMILES string of the molecule is Cc1ccc(C2=C3SC(=O)C(c4ccc(C)s4)=C3SC2=O)s1. The number of thiophene rings is 2. The van der Waals surface area contributed by atoms with Gasteiger partial charge in [0.1, 0.15) is 0 Å². The van der Waals surface area contributed by atoms with Crippen molar-refractivity contribution in [3.63, 3.8) is 0 Å². The average molecular weight is 363 g/mol. The first-order valence-electron chi connectivity index (χ1n) is 6.61. The lowest BCUT2D eigenvalue weighted by molar-refractivity contribution is -0.106. The lowest BCUT2D eigenvalue weighted by Crippen LogP contribution is -1.93. The maximum Gasteiger partial charge on any atom is 0.226 e. The van der Waals surface area contributed by atoms with Crippen LogP contribution in [0.15, 0.2) is 34.1 Å². The van der Waals surface area contributed by atoms with Gasteiger partial charge in [-0.05, 0) is 61.6 Å². The fourth-order valence-corrected chi connectivity index (χ4v) is 6.92. The predicted octanol–water partition coefficient (Wildman–Crippen LogP) is 5.10. The van der Waals surface area contributed by atoms with Crippen LogP contribution < -0.4 is 0 Å². The molecule has 4 rings (SSSR count). The molecule has 2 aromatic heterocycles. The van der Waals surface area contributed by atoms with Crippen LogP contribution >= 0.6 is 46.2 Å². The highest BCUT2D eigenvalue weighted by atomic mass is 32.2. The molecule has 0 aromatic carbocycles. The maximum atomic E-state index is 12.4. The molecule has 22 heavy (non-hydrogen) atoms. The highest BCUT2D eigenvalue weighted by Crippen LogP contribution is 2.57. The summed E-state index contributed by atoms with van der Waals surface area (Å²) in [5.41, 5.74) is 1.42. The maximum absolute atomic E-state index is 12.4. The van der Waals surface area contributed by atoms with Gasteiger partial charge in [0.25, 0.3) is 0 Å². The van der Waals surface area contributed by atoms with Gasteiger partial charge in [-0.2, -0.15) is 0 Å². The van der Waals surface area contributed by atoms with Crippen molar-refractivity contribution in [1.29, 1.82) is 0 Å². The van der Waals surface area contributed by atoms with E-state index in [0.717, 1.165) is 19.6 Å². The first kappa shape index (κ1) is 14.5. The molecule has 110 valence electrons. The molecule has 0 bridgehead atoms. The summed E-state index contributed by atoms with van der Waals surface area (Å²) in [6, 6.07) is 7.97. The molecule has 0 atom stereocenters. The van der Waals surface area contributed by atoms with Crippen molar-refractivity contribution in [2.24, 2.45) is 0 Å². The summed E-state index contributed by atoms with van der Waals surface area (Å²) in [5.74, 6) is 0. The quantitative estimate of drug-likeness (QED) is 0.745. The Morgan fingerprint density at radius 3 is 1.41 bits per heavy atom. The molecule has 2 aromatic rings. The molecule has 6 heteroatoms. The molecule has 0 radical (unpaired) electrons. The van der Waals surface area contributed by atoms with E-state index in [1.54, 1.807) is 22.7 Å². The van der Waals surface area contributed by atoms with Gasteiger partial charge in [0.05, 0.1) is 11.1 Å². The van der Waals surface area contributed by atoms with Gasteiger partial charge in [0.15, 0.2) is 0 Å². The minimum Gasteiger partial charge on any atom is -0.281 e. The van der Waals surface area contributed by atoms with E-state index in [1.807, 2.05) is 38.1 Å². The zero-order valence-electron chi connectivity index (χ0n) is 11.8. The van der Waals surface area contributed by atoms with Crippen molar-refractivity contribution < 1.29 is 9.59 Å². The molecule has 0 fully saturated rings. The molecule has 0 unspecified atom stereocenters. The molecule has 2 aliphatic heterocycles. The predicted molar refractivity (Wildman–Crippen MR) is 97.1 cm³/mol. The molecule has 0 spiro atoms. The van der Waals surface area contributed by atoms with Crippen molar-refractivity contribution >= 4 is 67.6 Å². The molecular weight excluding hydrogens is 352 g/mol. The van der Waals surface area contributed by atoms with Crippen LogP contribution in [0.5, 0.6) is 0 Å². The van der Waals surface area contributed by atoms with E-state index in [0.29, 0.717) is 11.1 Å². The van der Waals surface area contributed by atoms with Crippen LogP contribution in [0.4, 0.5) is 0 Å². The summed E-state index contributed by atoms with van der Waals surface area (Å²) in [5, 5.41) is 0.107. The minimum absolute atomic E-state index is 0.0534. The Bertz CT molecular complexity index is 821. The molecule has 0 aliphatic carbocycles. The Morgan fingerprint density at radius 2 is 1.09 bits per heavy atom. The van der Waals surface area contributed by atoms with Crippen molar-refractivity contribution in [2.45, 2.75) is 13.8 Å². The number of fused-ring (bicyclic) bond motifs is 1. The van der Waals surface area contributed by atoms with Crippen LogP contribution in [0.1, 0.15) is 19.5 Å². The fraction of sp³-hybridized carbons (Fsp3) is 0.125. The molecule has 0 N–H and O–H groups in total. The molecule has 0 amide bonds. The standard InChI is InChI=1S/C16H10O2S4/c1-7-3-5-9(19-7)11-13-14(22-15(11)17)12(16(18)21-13)10-6-4-8(2)20-10/h3-6H,1-2H3. The summed E-state index contributed by atoms with van der Waals surface area (Å²) in [6.45, 7) is 4.05. The summed E-state index contributed by atoms with van der Waals surface area (Å²) < 4.78 is 0. The van der Waals surface area contributed by atoms with E-state index in [9.17, 15) is 9.59 Å². The van der Waals surface area contributed by atoms with Crippen molar-refractivity contribution in [2.75, 3.05) is 0 Å². The molecule has 2 nitrogen and oxygen atoms in total. The number of hydrogen-bond acceptors (Lipinski definition) is 6. The van der Waals surface area contributed by atoms with Gasteiger partial charge in [-0.1, -0.05) is 0 Å². The van der Waals surface area contributed by atoms with Crippen LogP contribution in [-0.2, 0) is 9.59 Å². The number of aryl methyl sites for hydroxylation is 2. The highest BCUT2D eigenvalue weighted by Gasteiger charge is 2.41. The third-order valence-corrected chi connectivity index (χ3v) is 7.60. The van der Waals surface area contributed by atoms with Crippen molar-refractivity contribution in [3.8, 4) is 0 Å². The van der Waals surface area contributed by atoms with E-state index in [1.165, 1.54) is 33.3 Å². The van der Waals surface area contributed by atoms with Crippen molar-refractivity contribution in [3.05, 3.63) is 53.6 Å². The van der Waals surface area contributed by atoms with Gasteiger partial charge in [-0.15, -0.1) is 22.7 Å². The molecule has 2 aliphatic rings. The van der Waals surface area contributed by atoms with Crippen LogP contribution in [0.25, 0.3) is 11.1 Å². The zero-order valence-corrected chi connectivity index (χ0v) is 15.0. The third-order valence-electron chi connectivity index (χ3n) is 3.43. The average Bonchev–Trinajstić information content (AvgIpc) is 3.16.